The molecule has 2 aliphatic rings. The number of hydrogen-bond acceptors (Lipinski definition) is 4. The van der Waals surface area contributed by atoms with Crippen molar-refractivity contribution in [2.45, 2.75) is 38.8 Å². The van der Waals surface area contributed by atoms with Crippen LogP contribution >= 0.6 is 0 Å². The number of hydrogen-bond donors (Lipinski definition) is 0. The molecule has 5 heteroatoms. The highest BCUT2D eigenvalue weighted by molar-refractivity contribution is 5.77. The van der Waals surface area contributed by atoms with E-state index in [1.807, 2.05) is 36.9 Å². The summed E-state index contributed by atoms with van der Waals surface area (Å²) in [7, 11) is 0. The number of fused-ring (bicyclic) bond motifs is 1. The van der Waals surface area contributed by atoms with Gasteiger partial charge < -0.3 is 19.1 Å². The first-order valence-electron chi connectivity index (χ1n) is 7.43. The minimum atomic E-state index is 0.121. The Balaban J connectivity index is 1.58. The van der Waals surface area contributed by atoms with Gasteiger partial charge in [-0.3, -0.25) is 4.79 Å². The summed E-state index contributed by atoms with van der Waals surface area (Å²) in [6, 6.07) is 6.01. The quantitative estimate of drug-likeness (QED) is 0.854. The number of nitrogens with zero attached hydrogens (tertiary/aromatic N) is 1. The molecule has 1 amide bonds. The summed E-state index contributed by atoms with van der Waals surface area (Å²) in [5.74, 6) is 1.74. The molecular formula is C16H21NO4. The molecule has 0 unspecified atom stereocenters. The van der Waals surface area contributed by atoms with E-state index in [-0.39, 0.29) is 24.8 Å². The van der Waals surface area contributed by atoms with E-state index in [9.17, 15) is 4.79 Å². The van der Waals surface area contributed by atoms with E-state index in [1.54, 1.807) is 0 Å². The van der Waals surface area contributed by atoms with Crippen LogP contribution in [0.2, 0.25) is 0 Å². The van der Waals surface area contributed by atoms with Crippen LogP contribution in [0.25, 0.3) is 0 Å². The van der Waals surface area contributed by atoms with Crippen LogP contribution < -0.4 is 9.47 Å². The average Bonchev–Trinajstić information content (AvgIpc) is 2.94. The third kappa shape index (κ3) is 3.13. The molecule has 0 aromatic heterocycles. The van der Waals surface area contributed by atoms with Crippen molar-refractivity contribution >= 4 is 5.91 Å². The first-order chi connectivity index (χ1) is 10.1. The second kappa shape index (κ2) is 5.93. The zero-order valence-electron chi connectivity index (χ0n) is 12.5. The van der Waals surface area contributed by atoms with Crippen molar-refractivity contribution in [3.63, 3.8) is 0 Å². The summed E-state index contributed by atoms with van der Waals surface area (Å²) in [5, 5.41) is 0. The summed E-state index contributed by atoms with van der Waals surface area (Å²) in [5.41, 5.74) is 1.10. The molecule has 0 N–H and O–H groups in total. The number of morpholine rings is 1. The van der Waals surface area contributed by atoms with Crippen molar-refractivity contribution in [1.29, 1.82) is 0 Å². The van der Waals surface area contributed by atoms with E-state index in [4.69, 9.17) is 14.2 Å². The molecule has 0 radical (unpaired) electrons. The van der Waals surface area contributed by atoms with Crippen LogP contribution in [0.1, 0.15) is 25.8 Å². The van der Waals surface area contributed by atoms with E-state index in [0.29, 0.717) is 26.0 Å². The normalized spacial score (nSPS) is 24.2. The summed E-state index contributed by atoms with van der Waals surface area (Å²) >= 11 is 0. The fourth-order valence-corrected chi connectivity index (χ4v) is 2.74. The summed E-state index contributed by atoms with van der Waals surface area (Å²) in [4.78, 5) is 14.3. The zero-order valence-corrected chi connectivity index (χ0v) is 12.5. The number of carbonyl (C=O) groups excluding carboxylic acids is 1. The van der Waals surface area contributed by atoms with Crippen molar-refractivity contribution in [1.82, 2.24) is 4.90 Å². The third-order valence-electron chi connectivity index (χ3n) is 3.99. The number of benzene rings is 1. The van der Waals surface area contributed by atoms with Gasteiger partial charge in [0.25, 0.3) is 0 Å². The van der Waals surface area contributed by atoms with E-state index >= 15 is 0 Å². The summed E-state index contributed by atoms with van der Waals surface area (Å²) < 4.78 is 16.2. The molecule has 2 heterocycles. The van der Waals surface area contributed by atoms with Gasteiger partial charge in [0.05, 0.1) is 18.8 Å². The van der Waals surface area contributed by atoms with E-state index < -0.39 is 0 Å². The van der Waals surface area contributed by atoms with Crippen LogP contribution in [0.3, 0.4) is 0 Å². The maximum absolute atomic E-state index is 12.4. The highest BCUT2D eigenvalue weighted by Gasteiger charge is 2.27. The van der Waals surface area contributed by atoms with Crippen molar-refractivity contribution in [3.05, 3.63) is 23.8 Å². The van der Waals surface area contributed by atoms with Crippen molar-refractivity contribution in [2.75, 3.05) is 19.9 Å². The minimum absolute atomic E-state index is 0.121. The lowest BCUT2D eigenvalue weighted by Crippen LogP contribution is -2.50. The van der Waals surface area contributed by atoms with E-state index in [1.165, 1.54) is 0 Å². The number of rotatable bonds is 3. The molecule has 0 saturated carbocycles. The topological polar surface area (TPSA) is 48.0 Å². The van der Waals surface area contributed by atoms with Gasteiger partial charge >= 0.3 is 0 Å². The van der Waals surface area contributed by atoms with Crippen LogP contribution in [-0.4, -0.2) is 42.9 Å². The Hall–Kier alpha value is -1.75. The Morgan fingerprint density at radius 2 is 2.10 bits per heavy atom. The fourth-order valence-electron chi connectivity index (χ4n) is 2.74. The number of carbonyl (C=O) groups is 1. The van der Waals surface area contributed by atoms with Crippen molar-refractivity contribution in [2.24, 2.45) is 0 Å². The SMILES string of the molecule is C[C@H]1CN(C(=O)CCc2ccc3c(c2)OCO3)[C@@H](C)CO1. The Morgan fingerprint density at radius 3 is 2.95 bits per heavy atom. The van der Waals surface area contributed by atoms with Gasteiger partial charge in [0.2, 0.25) is 12.7 Å². The molecule has 2 aliphatic heterocycles. The number of ether oxygens (including phenoxy) is 3. The summed E-state index contributed by atoms with van der Waals surface area (Å²) in [6.07, 6.45) is 1.35. The first-order valence-corrected chi connectivity index (χ1v) is 7.43. The minimum Gasteiger partial charge on any atom is -0.454 e. The molecular weight excluding hydrogens is 270 g/mol. The summed E-state index contributed by atoms with van der Waals surface area (Å²) in [6.45, 7) is 5.62. The monoisotopic (exact) mass is 291 g/mol. The molecule has 21 heavy (non-hydrogen) atoms. The second-order valence-electron chi connectivity index (χ2n) is 5.73. The van der Waals surface area contributed by atoms with E-state index in [0.717, 1.165) is 17.1 Å². The Morgan fingerprint density at radius 1 is 1.29 bits per heavy atom. The number of amides is 1. The predicted molar refractivity (Wildman–Crippen MR) is 77.5 cm³/mol. The molecule has 114 valence electrons. The first kappa shape index (κ1) is 14.2. The molecule has 5 nitrogen and oxygen atoms in total. The highest BCUT2D eigenvalue weighted by atomic mass is 16.7. The molecule has 3 rings (SSSR count). The van der Waals surface area contributed by atoms with Crippen LogP contribution in [-0.2, 0) is 16.0 Å². The van der Waals surface area contributed by atoms with Gasteiger partial charge in [-0.15, -0.1) is 0 Å². The predicted octanol–water partition coefficient (Wildman–Crippen LogP) is 1.98. The maximum Gasteiger partial charge on any atom is 0.231 e. The Labute approximate surface area is 124 Å². The average molecular weight is 291 g/mol. The van der Waals surface area contributed by atoms with Gasteiger partial charge in [0, 0.05) is 13.0 Å². The van der Waals surface area contributed by atoms with Crippen molar-refractivity contribution in [3.8, 4) is 11.5 Å². The smallest absolute Gasteiger partial charge is 0.231 e. The maximum atomic E-state index is 12.4. The van der Waals surface area contributed by atoms with Gasteiger partial charge in [-0.1, -0.05) is 6.07 Å². The lowest BCUT2D eigenvalue weighted by Gasteiger charge is -2.36. The molecule has 0 spiro atoms. The van der Waals surface area contributed by atoms with Crippen LogP contribution in [0.15, 0.2) is 18.2 Å². The Bertz CT molecular complexity index is 531. The van der Waals surface area contributed by atoms with Crippen LogP contribution in [0.5, 0.6) is 11.5 Å². The zero-order chi connectivity index (χ0) is 14.8. The van der Waals surface area contributed by atoms with Gasteiger partial charge in [-0.25, -0.2) is 0 Å². The van der Waals surface area contributed by atoms with Gasteiger partial charge in [0.1, 0.15) is 0 Å². The van der Waals surface area contributed by atoms with Crippen LogP contribution in [0, 0.1) is 0 Å². The molecule has 0 bridgehead atoms. The fraction of sp³-hybridized carbons (Fsp3) is 0.562. The van der Waals surface area contributed by atoms with Gasteiger partial charge in [-0.2, -0.15) is 0 Å². The number of aryl methyl sites for hydroxylation is 1. The lowest BCUT2D eigenvalue weighted by atomic mass is 10.1. The molecule has 1 saturated heterocycles. The molecule has 1 aromatic rings. The molecule has 1 aromatic carbocycles. The lowest BCUT2D eigenvalue weighted by molar-refractivity contribution is -0.143. The standard InChI is InChI=1S/C16H21NO4/c1-11-9-19-12(2)8-17(11)16(18)6-4-13-3-5-14-15(7-13)21-10-20-14/h3,5,7,11-12H,4,6,8-10H2,1-2H3/t11-,12-/m0/s1. The molecule has 2 atom stereocenters. The Kier molecular flexibility index (Phi) is 4.01. The molecule has 1 fully saturated rings. The second-order valence-corrected chi connectivity index (χ2v) is 5.73. The van der Waals surface area contributed by atoms with Crippen LogP contribution in [0.4, 0.5) is 0 Å². The molecule has 0 aliphatic carbocycles. The third-order valence-corrected chi connectivity index (χ3v) is 3.99. The largest absolute Gasteiger partial charge is 0.454 e. The van der Waals surface area contributed by atoms with E-state index in [2.05, 4.69) is 0 Å². The van der Waals surface area contributed by atoms with Crippen molar-refractivity contribution < 1.29 is 19.0 Å². The van der Waals surface area contributed by atoms with Gasteiger partial charge in [0.15, 0.2) is 11.5 Å². The highest BCUT2D eigenvalue weighted by Crippen LogP contribution is 2.32. The van der Waals surface area contributed by atoms with Gasteiger partial charge in [-0.05, 0) is 38.0 Å².